The molecule has 0 unspecified atom stereocenters. The Balaban J connectivity index is 2.41. The van der Waals surface area contributed by atoms with Gasteiger partial charge in [-0.2, -0.15) is 5.10 Å². The van der Waals surface area contributed by atoms with Crippen molar-refractivity contribution in [3.63, 3.8) is 0 Å². The summed E-state index contributed by atoms with van der Waals surface area (Å²) in [4.78, 5) is 15.8. The van der Waals surface area contributed by atoms with Gasteiger partial charge < -0.3 is 0 Å². The highest BCUT2D eigenvalue weighted by atomic mass is 79.9. The molecule has 0 aliphatic heterocycles. The lowest BCUT2D eigenvalue weighted by molar-refractivity contribution is 0.632. The average Bonchev–Trinajstić information content (AvgIpc) is 2.32. The molecular formula is C10H6Br2ClN3O. The van der Waals surface area contributed by atoms with Gasteiger partial charge in [-0.25, -0.2) is 4.68 Å². The minimum Gasteiger partial charge on any atom is -0.266 e. The average molecular weight is 379 g/mol. The van der Waals surface area contributed by atoms with Crippen molar-refractivity contribution in [3.05, 3.63) is 54.5 Å². The van der Waals surface area contributed by atoms with Crippen molar-refractivity contribution >= 4 is 43.5 Å². The highest BCUT2D eigenvalue weighted by Crippen LogP contribution is 2.18. The molecule has 0 aliphatic rings. The molecule has 0 saturated heterocycles. The third-order valence-electron chi connectivity index (χ3n) is 2.12. The van der Waals surface area contributed by atoms with Crippen LogP contribution in [0.25, 0.3) is 0 Å². The van der Waals surface area contributed by atoms with Gasteiger partial charge in [0.25, 0.3) is 5.56 Å². The molecule has 88 valence electrons. The molecule has 2 heterocycles. The van der Waals surface area contributed by atoms with Crippen LogP contribution < -0.4 is 5.56 Å². The lowest BCUT2D eigenvalue weighted by atomic mass is 10.3. The van der Waals surface area contributed by atoms with Gasteiger partial charge in [-0.15, -0.1) is 0 Å². The Bertz CT molecular complexity index is 615. The summed E-state index contributed by atoms with van der Waals surface area (Å²) >= 11 is 12.4. The molecule has 2 rings (SSSR count). The van der Waals surface area contributed by atoms with Gasteiger partial charge in [0.1, 0.15) is 4.47 Å². The van der Waals surface area contributed by atoms with Gasteiger partial charge in [-0.05, 0) is 43.5 Å². The predicted molar refractivity (Wildman–Crippen MR) is 72.2 cm³/mol. The summed E-state index contributed by atoms with van der Waals surface area (Å²) < 4.78 is 2.40. The van der Waals surface area contributed by atoms with Crippen LogP contribution in [0.15, 0.2) is 38.4 Å². The minimum absolute atomic E-state index is 0.216. The normalized spacial score (nSPS) is 10.5. The third-order valence-corrected chi connectivity index (χ3v) is 4.36. The molecule has 2 aromatic rings. The standard InChI is InChI=1S/C10H6Br2ClN3O/c11-7-3-15-16(10(17)9(7)12)5-6-1-2-14-4-8(6)13/h1-4H,5H2. The summed E-state index contributed by atoms with van der Waals surface area (Å²) in [6, 6.07) is 1.76. The SMILES string of the molecule is O=c1c(Br)c(Br)cnn1Cc1ccncc1Cl. The molecule has 0 amide bonds. The maximum absolute atomic E-state index is 11.9. The molecule has 0 saturated carbocycles. The zero-order valence-corrected chi connectivity index (χ0v) is 12.3. The molecule has 0 radical (unpaired) electrons. The smallest absolute Gasteiger partial charge is 0.266 e. The monoisotopic (exact) mass is 377 g/mol. The number of halogens is 3. The number of hydrogen-bond acceptors (Lipinski definition) is 3. The van der Waals surface area contributed by atoms with Crippen molar-refractivity contribution in [2.75, 3.05) is 0 Å². The molecule has 0 spiro atoms. The van der Waals surface area contributed by atoms with Crippen LogP contribution in [0.3, 0.4) is 0 Å². The first-order valence-corrected chi connectivity index (χ1v) is 6.55. The molecule has 0 aromatic carbocycles. The first-order valence-electron chi connectivity index (χ1n) is 4.59. The van der Waals surface area contributed by atoms with Crippen LogP contribution in [0.5, 0.6) is 0 Å². The molecule has 0 aliphatic carbocycles. The Morgan fingerprint density at radius 2 is 2.12 bits per heavy atom. The highest BCUT2D eigenvalue weighted by molar-refractivity contribution is 9.13. The van der Waals surface area contributed by atoms with Gasteiger partial charge in [0, 0.05) is 12.4 Å². The van der Waals surface area contributed by atoms with Crippen LogP contribution in [0.1, 0.15) is 5.56 Å². The zero-order valence-electron chi connectivity index (χ0n) is 8.40. The molecule has 4 nitrogen and oxygen atoms in total. The van der Waals surface area contributed by atoms with Crippen LogP contribution >= 0.6 is 43.5 Å². The first kappa shape index (κ1) is 12.7. The molecule has 0 N–H and O–H groups in total. The fourth-order valence-electron chi connectivity index (χ4n) is 1.25. The number of nitrogens with zero attached hydrogens (tertiary/aromatic N) is 3. The van der Waals surface area contributed by atoms with Crippen LogP contribution in [0.4, 0.5) is 0 Å². The van der Waals surface area contributed by atoms with Gasteiger partial charge in [-0.3, -0.25) is 9.78 Å². The summed E-state index contributed by atoms with van der Waals surface area (Å²) in [5, 5.41) is 4.54. The zero-order chi connectivity index (χ0) is 12.4. The summed E-state index contributed by atoms with van der Waals surface area (Å²) in [5.41, 5.74) is 0.581. The Labute approximate surface area is 119 Å². The van der Waals surface area contributed by atoms with Gasteiger partial charge in [0.15, 0.2) is 0 Å². The minimum atomic E-state index is -0.216. The summed E-state index contributed by atoms with van der Waals surface area (Å²) in [6.07, 6.45) is 4.72. The number of aromatic nitrogens is 3. The van der Waals surface area contributed by atoms with E-state index in [0.29, 0.717) is 20.5 Å². The molecule has 7 heteroatoms. The van der Waals surface area contributed by atoms with Gasteiger partial charge >= 0.3 is 0 Å². The molecule has 17 heavy (non-hydrogen) atoms. The molecule has 0 atom stereocenters. The second-order valence-corrected chi connectivity index (χ2v) is 5.29. The van der Waals surface area contributed by atoms with E-state index in [9.17, 15) is 4.79 Å². The van der Waals surface area contributed by atoms with Crippen LogP contribution in [0.2, 0.25) is 5.02 Å². The van der Waals surface area contributed by atoms with Gasteiger partial charge in [-0.1, -0.05) is 11.6 Å². The maximum atomic E-state index is 11.9. The Hall–Kier alpha value is -0.720. The van der Waals surface area contributed by atoms with E-state index in [1.807, 2.05) is 0 Å². The van der Waals surface area contributed by atoms with Crippen LogP contribution in [-0.2, 0) is 6.54 Å². The van der Waals surface area contributed by atoms with Crippen molar-refractivity contribution in [1.82, 2.24) is 14.8 Å². The quantitative estimate of drug-likeness (QED) is 0.806. The van der Waals surface area contributed by atoms with E-state index in [1.54, 1.807) is 18.5 Å². The van der Waals surface area contributed by atoms with Crippen molar-refractivity contribution in [2.24, 2.45) is 0 Å². The Kier molecular flexibility index (Phi) is 3.96. The number of pyridine rings is 1. The van der Waals surface area contributed by atoms with Crippen LogP contribution in [-0.4, -0.2) is 14.8 Å². The molecule has 2 aromatic heterocycles. The van der Waals surface area contributed by atoms with E-state index >= 15 is 0 Å². The summed E-state index contributed by atoms with van der Waals surface area (Å²) in [7, 11) is 0. The van der Waals surface area contributed by atoms with Crippen molar-refractivity contribution < 1.29 is 0 Å². The van der Waals surface area contributed by atoms with Crippen molar-refractivity contribution in [1.29, 1.82) is 0 Å². The highest BCUT2D eigenvalue weighted by Gasteiger charge is 2.08. The summed E-state index contributed by atoms with van der Waals surface area (Å²) in [6.45, 7) is 0.312. The van der Waals surface area contributed by atoms with E-state index in [-0.39, 0.29) is 5.56 Å². The third kappa shape index (κ3) is 2.75. The van der Waals surface area contributed by atoms with Gasteiger partial charge in [0.05, 0.1) is 22.2 Å². The van der Waals surface area contributed by atoms with Crippen LogP contribution in [0, 0.1) is 0 Å². The number of rotatable bonds is 2. The lowest BCUT2D eigenvalue weighted by Gasteiger charge is -2.06. The second kappa shape index (κ2) is 5.29. The Morgan fingerprint density at radius 3 is 2.82 bits per heavy atom. The number of hydrogen-bond donors (Lipinski definition) is 0. The fourth-order valence-corrected chi connectivity index (χ4v) is 2.00. The molecular weight excluding hydrogens is 373 g/mol. The second-order valence-electron chi connectivity index (χ2n) is 3.24. The van der Waals surface area contributed by atoms with Gasteiger partial charge in [0.2, 0.25) is 0 Å². The predicted octanol–water partition coefficient (Wildman–Crippen LogP) is 2.87. The first-order chi connectivity index (χ1) is 8.09. The van der Waals surface area contributed by atoms with Crippen molar-refractivity contribution in [3.8, 4) is 0 Å². The van der Waals surface area contributed by atoms with E-state index in [0.717, 1.165) is 5.56 Å². The molecule has 0 bridgehead atoms. The van der Waals surface area contributed by atoms with E-state index in [1.165, 1.54) is 10.9 Å². The van der Waals surface area contributed by atoms with E-state index in [4.69, 9.17) is 11.6 Å². The maximum Gasteiger partial charge on any atom is 0.282 e. The van der Waals surface area contributed by atoms with Crippen molar-refractivity contribution in [2.45, 2.75) is 6.54 Å². The molecule has 0 fully saturated rings. The fraction of sp³-hybridized carbons (Fsp3) is 0.100. The lowest BCUT2D eigenvalue weighted by Crippen LogP contribution is -2.24. The summed E-state index contributed by atoms with van der Waals surface area (Å²) in [5.74, 6) is 0. The van der Waals surface area contributed by atoms with E-state index in [2.05, 4.69) is 41.9 Å². The Morgan fingerprint density at radius 1 is 1.35 bits per heavy atom. The van der Waals surface area contributed by atoms with E-state index < -0.39 is 0 Å². The largest absolute Gasteiger partial charge is 0.282 e. The topological polar surface area (TPSA) is 47.8 Å².